The van der Waals surface area contributed by atoms with E-state index < -0.39 is 23.8 Å². The highest BCUT2D eigenvalue weighted by atomic mass is 19.3. The first-order valence-corrected chi connectivity index (χ1v) is 5.98. The van der Waals surface area contributed by atoms with Crippen molar-refractivity contribution in [1.82, 2.24) is 4.98 Å². The largest absolute Gasteiger partial charge is 0.475 e. The molecule has 2 aromatic heterocycles. The highest BCUT2D eigenvalue weighted by molar-refractivity contribution is 5.87. The standard InChI is InChI=1S/C14H9F2NO4/c1-6-2-3-8-7(4-6)5-9(20-8)13-17-10(12(15)16)11(21-13)14(18)19/h2-5,12H,1H3,(H,18,19). The Bertz CT molecular complexity index is 835. The SMILES string of the molecule is Cc1ccc2oc(-c3nc(C(F)F)c(C(=O)O)o3)cc2c1. The van der Waals surface area contributed by atoms with Gasteiger partial charge in [-0.3, -0.25) is 0 Å². The molecule has 0 bridgehead atoms. The lowest BCUT2D eigenvalue weighted by molar-refractivity contribution is 0.0646. The third kappa shape index (κ3) is 2.26. The Hall–Kier alpha value is -2.70. The van der Waals surface area contributed by atoms with Gasteiger partial charge in [-0.1, -0.05) is 11.6 Å². The first kappa shape index (κ1) is 13.3. The fourth-order valence-corrected chi connectivity index (χ4v) is 2.01. The van der Waals surface area contributed by atoms with Gasteiger partial charge in [0.15, 0.2) is 11.5 Å². The number of nitrogens with zero attached hydrogens (tertiary/aromatic N) is 1. The lowest BCUT2D eigenvalue weighted by Gasteiger charge is -1.91. The van der Waals surface area contributed by atoms with Gasteiger partial charge in [0.25, 0.3) is 12.3 Å². The number of carboxylic acid groups (broad SMARTS) is 1. The topological polar surface area (TPSA) is 76.5 Å². The number of hydrogen-bond donors (Lipinski definition) is 1. The summed E-state index contributed by atoms with van der Waals surface area (Å²) in [5.74, 6) is -2.66. The van der Waals surface area contributed by atoms with Gasteiger partial charge in [-0.15, -0.1) is 0 Å². The van der Waals surface area contributed by atoms with Crippen LogP contribution in [0.2, 0.25) is 0 Å². The number of oxazole rings is 1. The summed E-state index contributed by atoms with van der Waals surface area (Å²) in [7, 11) is 0. The summed E-state index contributed by atoms with van der Waals surface area (Å²) in [5.41, 5.74) is 0.625. The van der Waals surface area contributed by atoms with Crippen molar-refractivity contribution in [3.63, 3.8) is 0 Å². The van der Waals surface area contributed by atoms with E-state index in [9.17, 15) is 13.6 Å². The van der Waals surface area contributed by atoms with Crippen molar-refractivity contribution in [2.45, 2.75) is 13.3 Å². The predicted octanol–water partition coefficient (Wildman–Crippen LogP) is 4.03. The zero-order valence-corrected chi connectivity index (χ0v) is 10.8. The summed E-state index contributed by atoms with van der Waals surface area (Å²) in [4.78, 5) is 14.4. The number of rotatable bonds is 3. The van der Waals surface area contributed by atoms with Gasteiger partial charge >= 0.3 is 5.97 Å². The highest BCUT2D eigenvalue weighted by Gasteiger charge is 2.27. The Labute approximate surface area is 116 Å². The van der Waals surface area contributed by atoms with Crippen LogP contribution < -0.4 is 0 Å². The third-order valence-corrected chi connectivity index (χ3v) is 2.94. The lowest BCUT2D eigenvalue weighted by atomic mass is 10.2. The molecular formula is C14H9F2NO4. The van der Waals surface area contributed by atoms with E-state index in [4.69, 9.17) is 13.9 Å². The Morgan fingerprint density at radius 2 is 2.05 bits per heavy atom. The molecular weight excluding hydrogens is 284 g/mol. The number of benzene rings is 1. The minimum Gasteiger partial charge on any atom is -0.475 e. The molecule has 0 saturated carbocycles. The number of furan rings is 1. The lowest BCUT2D eigenvalue weighted by Crippen LogP contribution is -1.99. The van der Waals surface area contributed by atoms with Gasteiger partial charge < -0.3 is 13.9 Å². The van der Waals surface area contributed by atoms with E-state index in [-0.39, 0.29) is 11.7 Å². The van der Waals surface area contributed by atoms with Crippen LogP contribution in [-0.4, -0.2) is 16.1 Å². The minimum absolute atomic E-state index is 0.102. The van der Waals surface area contributed by atoms with Crippen LogP contribution >= 0.6 is 0 Å². The fourth-order valence-electron chi connectivity index (χ4n) is 2.01. The van der Waals surface area contributed by atoms with Crippen LogP contribution in [0.15, 0.2) is 33.1 Å². The van der Waals surface area contributed by atoms with Crippen molar-refractivity contribution in [3.8, 4) is 11.7 Å². The number of aromatic nitrogens is 1. The Morgan fingerprint density at radius 3 is 2.67 bits per heavy atom. The average molecular weight is 293 g/mol. The van der Waals surface area contributed by atoms with Crippen LogP contribution in [0.1, 0.15) is 28.2 Å². The van der Waals surface area contributed by atoms with Gasteiger partial charge in [-0.25, -0.2) is 18.6 Å². The number of carbonyl (C=O) groups is 1. The smallest absolute Gasteiger partial charge is 0.374 e. The summed E-state index contributed by atoms with van der Waals surface area (Å²) in [6.45, 7) is 1.90. The van der Waals surface area contributed by atoms with Gasteiger partial charge in [0.1, 0.15) is 5.58 Å². The maximum atomic E-state index is 12.8. The number of halogens is 2. The van der Waals surface area contributed by atoms with Crippen LogP contribution in [0.3, 0.4) is 0 Å². The van der Waals surface area contributed by atoms with E-state index >= 15 is 0 Å². The van der Waals surface area contributed by atoms with E-state index in [1.807, 2.05) is 19.1 Å². The molecule has 0 fully saturated rings. The number of aryl methyl sites for hydroxylation is 1. The van der Waals surface area contributed by atoms with Crippen molar-refractivity contribution in [2.24, 2.45) is 0 Å². The molecule has 7 heteroatoms. The van der Waals surface area contributed by atoms with Crippen molar-refractivity contribution < 1.29 is 27.5 Å². The average Bonchev–Trinajstić information content (AvgIpc) is 3.01. The second-order valence-electron chi connectivity index (χ2n) is 4.49. The molecule has 0 aliphatic rings. The molecule has 1 N–H and O–H groups in total. The maximum absolute atomic E-state index is 12.8. The van der Waals surface area contributed by atoms with E-state index in [1.165, 1.54) is 0 Å². The minimum atomic E-state index is -3.04. The van der Waals surface area contributed by atoms with Gasteiger partial charge in [0, 0.05) is 5.39 Å². The quantitative estimate of drug-likeness (QED) is 0.788. The normalized spacial score (nSPS) is 11.4. The van der Waals surface area contributed by atoms with E-state index in [2.05, 4.69) is 4.98 Å². The number of alkyl halides is 2. The molecule has 3 rings (SSSR count). The molecule has 0 amide bonds. The molecule has 2 heterocycles. The third-order valence-electron chi connectivity index (χ3n) is 2.94. The van der Waals surface area contributed by atoms with Crippen LogP contribution in [0, 0.1) is 6.92 Å². The number of hydrogen-bond acceptors (Lipinski definition) is 4. The maximum Gasteiger partial charge on any atom is 0.374 e. The van der Waals surface area contributed by atoms with Crippen LogP contribution in [-0.2, 0) is 0 Å². The molecule has 3 aromatic rings. The summed E-state index contributed by atoms with van der Waals surface area (Å²) in [5, 5.41) is 9.60. The molecule has 1 aromatic carbocycles. The summed E-state index contributed by atoms with van der Waals surface area (Å²) in [6, 6.07) is 6.97. The Balaban J connectivity index is 2.14. The van der Waals surface area contributed by atoms with Gasteiger partial charge in [0.2, 0.25) is 5.76 Å². The first-order valence-electron chi connectivity index (χ1n) is 5.98. The highest BCUT2D eigenvalue weighted by Crippen LogP contribution is 2.32. The number of fused-ring (bicyclic) bond motifs is 1. The second kappa shape index (κ2) is 4.69. The van der Waals surface area contributed by atoms with Crippen molar-refractivity contribution >= 4 is 16.9 Å². The molecule has 108 valence electrons. The van der Waals surface area contributed by atoms with Crippen molar-refractivity contribution in [2.75, 3.05) is 0 Å². The van der Waals surface area contributed by atoms with E-state index in [1.54, 1.807) is 12.1 Å². The zero-order chi connectivity index (χ0) is 15.1. The van der Waals surface area contributed by atoms with Crippen LogP contribution in [0.5, 0.6) is 0 Å². The molecule has 0 aliphatic heterocycles. The van der Waals surface area contributed by atoms with Crippen LogP contribution in [0.25, 0.3) is 22.6 Å². The van der Waals surface area contributed by atoms with E-state index in [0.717, 1.165) is 10.9 Å². The van der Waals surface area contributed by atoms with Gasteiger partial charge in [-0.2, -0.15) is 0 Å². The number of carboxylic acids is 1. The fraction of sp³-hybridized carbons (Fsp3) is 0.143. The summed E-state index contributed by atoms with van der Waals surface area (Å²) < 4.78 is 35.9. The molecule has 0 aliphatic carbocycles. The first-order chi connectivity index (χ1) is 9.95. The van der Waals surface area contributed by atoms with Gasteiger partial charge in [0.05, 0.1) is 0 Å². The molecule has 0 spiro atoms. The monoisotopic (exact) mass is 293 g/mol. The molecule has 5 nitrogen and oxygen atoms in total. The molecule has 21 heavy (non-hydrogen) atoms. The Kier molecular flexibility index (Phi) is 2.97. The molecule has 0 atom stereocenters. The van der Waals surface area contributed by atoms with Gasteiger partial charge in [-0.05, 0) is 25.1 Å². The van der Waals surface area contributed by atoms with E-state index in [0.29, 0.717) is 5.58 Å². The molecule has 0 saturated heterocycles. The predicted molar refractivity (Wildman–Crippen MR) is 68.4 cm³/mol. The molecule has 0 radical (unpaired) electrons. The van der Waals surface area contributed by atoms with Crippen molar-refractivity contribution in [1.29, 1.82) is 0 Å². The van der Waals surface area contributed by atoms with Crippen molar-refractivity contribution in [3.05, 3.63) is 41.3 Å². The zero-order valence-electron chi connectivity index (χ0n) is 10.8. The summed E-state index contributed by atoms with van der Waals surface area (Å²) in [6.07, 6.45) is -3.04. The molecule has 0 unspecified atom stereocenters. The Morgan fingerprint density at radius 1 is 1.29 bits per heavy atom. The van der Waals surface area contributed by atoms with Crippen LogP contribution in [0.4, 0.5) is 8.78 Å². The number of aromatic carboxylic acids is 1. The summed E-state index contributed by atoms with van der Waals surface area (Å²) >= 11 is 0. The second-order valence-corrected chi connectivity index (χ2v) is 4.49.